The highest BCUT2D eigenvalue weighted by atomic mass is 35.5. The fourth-order valence-electron chi connectivity index (χ4n) is 3.86. The Morgan fingerprint density at radius 1 is 1.19 bits per heavy atom. The minimum absolute atomic E-state index is 0.0198. The number of nitrogens with zero attached hydrogens (tertiary/aromatic N) is 2. The van der Waals surface area contributed by atoms with E-state index in [1.807, 2.05) is 42.2 Å². The molecule has 2 heterocycles. The van der Waals surface area contributed by atoms with Crippen LogP contribution in [0.3, 0.4) is 0 Å². The SMILES string of the molecule is Cc1ccc(N2CC(C(=O)N3CCCc4ccccc43)CC2=O)cc1Cl. The molecule has 0 saturated carbocycles. The average molecular weight is 369 g/mol. The largest absolute Gasteiger partial charge is 0.312 e. The smallest absolute Gasteiger partial charge is 0.232 e. The van der Waals surface area contributed by atoms with Crippen LogP contribution in [0.2, 0.25) is 5.02 Å². The van der Waals surface area contributed by atoms with E-state index in [0.29, 0.717) is 11.6 Å². The zero-order valence-corrected chi connectivity index (χ0v) is 15.5. The molecule has 0 N–H and O–H groups in total. The van der Waals surface area contributed by atoms with Crippen molar-refractivity contribution in [2.75, 3.05) is 22.9 Å². The Morgan fingerprint density at radius 3 is 2.81 bits per heavy atom. The van der Waals surface area contributed by atoms with Crippen molar-refractivity contribution in [2.24, 2.45) is 5.92 Å². The molecular formula is C21H21ClN2O2. The highest BCUT2D eigenvalue weighted by molar-refractivity contribution is 6.31. The summed E-state index contributed by atoms with van der Waals surface area (Å²) in [6, 6.07) is 13.6. The predicted molar refractivity (Wildman–Crippen MR) is 104 cm³/mol. The number of fused-ring (bicyclic) bond motifs is 1. The van der Waals surface area contributed by atoms with Crippen LogP contribution in [0, 0.1) is 12.8 Å². The zero-order valence-electron chi connectivity index (χ0n) is 14.7. The number of carbonyl (C=O) groups is 2. The quantitative estimate of drug-likeness (QED) is 0.804. The van der Waals surface area contributed by atoms with E-state index in [0.717, 1.165) is 36.3 Å². The molecule has 2 aromatic carbocycles. The first-order valence-electron chi connectivity index (χ1n) is 9.00. The number of carbonyl (C=O) groups excluding carboxylic acids is 2. The summed E-state index contributed by atoms with van der Waals surface area (Å²) in [4.78, 5) is 29.2. The lowest BCUT2D eigenvalue weighted by Gasteiger charge is -2.31. The molecule has 26 heavy (non-hydrogen) atoms. The van der Waals surface area contributed by atoms with Crippen molar-refractivity contribution < 1.29 is 9.59 Å². The van der Waals surface area contributed by atoms with Crippen LogP contribution in [0.1, 0.15) is 24.0 Å². The molecule has 0 aromatic heterocycles. The van der Waals surface area contributed by atoms with E-state index < -0.39 is 0 Å². The molecule has 2 aromatic rings. The van der Waals surface area contributed by atoms with Gasteiger partial charge in [0.2, 0.25) is 11.8 Å². The Morgan fingerprint density at radius 2 is 2.00 bits per heavy atom. The topological polar surface area (TPSA) is 40.6 Å². The van der Waals surface area contributed by atoms with Gasteiger partial charge >= 0.3 is 0 Å². The predicted octanol–water partition coefficient (Wildman–Crippen LogP) is 3.98. The van der Waals surface area contributed by atoms with Crippen LogP contribution in [0.15, 0.2) is 42.5 Å². The first-order valence-corrected chi connectivity index (χ1v) is 9.38. The molecule has 2 aliphatic rings. The maximum Gasteiger partial charge on any atom is 0.232 e. The number of hydrogen-bond acceptors (Lipinski definition) is 2. The maximum absolute atomic E-state index is 13.1. The Bertz CT molecular complexity index is 880. The van der Waals surface area contributed by atoms with Gasteiger partial charge in [0.15, 0.2) is 0 Å². The number of benzene rings is 2. The van der Waals surface area contributed by atoms with Gasteiger partial charge in [-0.1, -0.05) is 35.9 Å². The lowest BCUT2D eigenvalue weighted by atomic mass is 9.99. The van der Waals surface area contributed by atoms with Crippen molar-refractivity contribution in [3.63, 3.8) is 0 Å². The Kier molecular flexibility index (Phi) is 4.45. The van der Waals surface area contributed by atoms with Crippen molar-refractivity contribution in [1.82, 2.24) is 0 Å². The Labute approximate surface area is 158 Å². The summed E-state index contributed by atoms with van der Waals surface area (Å²) >= 11 is 6.20. The number of para-hydroxylation sites is 1. The van der Waals surface area contributed by atoms with Gasteiger partial charge in [0.25, 0.3) is 0 Å². The molecule has 1 saturated heterocycles. The lowest BCUT2D eigenvalue weighted by molar-refractivity contribution is -0.124. The van der Waals surface area contributed by atoms with E-state index in [2.05, 4.69) is 6.07 Å². The maximum atomic E-state index is 13.1. The number of amides is 2. The first-order chi connectivity index (χ1) is 12.5. The van der Waals surface area contributed by atoms with Gasteiger partial charge in [0.05, 0.1) is 5.92 Å². The molecular weight excluding hydrogens is 348 g/mol. The second-order valence-corrected chi connectivity index (χ2v) is 7.47. The van der Waals surface area contributed by atoms with Crippen molar-refractivity contribution in [3.05, 3.63) is 58.6 Å². The third-order valence-corrected chi connectivity index (χ3v) is 5.72. The highest BCUT2D eigenvalue weighted by Gasteiger charge is 2.38. The normalized spacial score (nSPS) is 19.6. The molecule has 1 fully saturated rings. The van der Waals surface area contributed by atoms with Gasteiger partial charge < -0.3 is 9.80 Å². The molecule has 1 unspecified atom stereocenters. The van der Waals surface area contributed by atoms with E-state index >= 15 is 0 Å². The molecule has 4 rings (SSSR count). The minimum atomic E-state index is -0.311. The van der Waals surface area contributed by atoms with Crippen LogP contribution in [0.25, 0.3) is 0 Å². The van der Waals surface area contributed by atoms with Gasteiger partial charge in [-0.2, -0.15) is 0 Å². The number of halogens is 1. The van der Waals surface area contributed by atoms with Crippen molar-refractivity contribution in [3.8, 4) is 0 Å². The Hall–Kier alpha value is -2.33. The van der Waals surface area contributed by atoms with Gasteiger partial charge in [-0.3, -0.25) is 9.59 Å². The van der Waals surface area contributed by atoms with E-state index in [4.69, 9.17) is 11.6 Å². The van der Waals surface area contributed by atoms with Crippen LogP contribution in [0.5, 0.6) is 0 Å². The summed E-state index contributed by atoms with van der Waals surface area (Å²) in [6.07, 6.45) is 2.21. The van der Waals surface area contributed by atoms with Crippen LogP contribution in [-0.4, -0.2) is 24.9 Å². The van der Waals surface area contributed by atoms with Crippen LogP contribution < -0.4 is 9.80 Å². The molecule has 2 amide bonds. The van der Waals surface area contributed by atoms with Crippen LogP contribution >= 0.6 is 11.6 Å². The molecule has 0 bridgehead atoms. The molecule has 0 radical (unpaired) electrons. The van der Waals surface area contributed by atoms with E-state index in [1.165, 1.54) is 5.56 Å². The standard InChI is InChI=1S/C21H21ClN2O2/c1-14-8-9-17(12-18(14)22)24-13-16(11-20(24)25)21(26)23-10-4-6-15-5-2-3-7-19(15)23/h2-3,5,7-9,12,16H,4,6,10-11,13H2,1H3. The third-order valence-electron chi connectivity index (χ3n) is 5.32. The second kappa shape index (κ2) is 6.76. The molecule has 2 aliphatic heterocycles. The van der Waals surface area contributed by atoms with Gasteiger partial charge in [0, 0.05) is 35.9 Å². The number of aryl methyl sites for hydroxylation is 2. The third kappa shape index (κ3) is 2.99. The van der Waals surface area contributed by atoms with Crippen molar-refractivity contribution >= 4 is 34.8 Å². The highest BCUT2D eigenvalue weighted by Crippen LogP contribution is 2.33. The zero-order chi connectivity index (χ0) is 18.3. The Balaban J connectivity index is 1.56. The summed E-state index contributed by atoms with van der Waals surface area (Å²) in [6.45, 7) is 3.06. The summed E-state index contributed by atoms with van der Waals surface area (Å²) in [5.74, 6) is -0.284. The summed E-state index contributed by atoms with van der Waals surface area (Å²) in [5.41, 5.74) is 3.94. The molecule has 0 aliphatic carbocycles. The van der Waals surface area contributed by atoms with E-state index in [-0.39, 0.29) is 24.2 Å². The molecule has 0 spiro atoms. The fraction of sp³-hybridized carbons (Fsp3) is 0.333. The van der Waals surface area contributed by atoms with Crippen molar-refractivity contribution in [1.29, 1.82) is 0 Å². The van der Waals surface area contributed by atoms with Gasteiger partial charge in [-0.05, 0) is 49.1 Å². The fourth-order valence-corrected chi connectivity index (χ4v) is 4.03. The second-order valence-electron chi connectivity index (χ2n) is 7.06. The molecule has 1 atom stereocenters. The van der Waals surface area contributed by atoms with Gasteiger partial charge in [-0.25, -0.2) is 0 Å². The van der Waals surface area contributed by atoms with Gasteiger partial charge in [0.1, 0.15) is 0 Å². The van der Waals surface area contributed by atoms with Crippen LogP contribution in [0.4, 0.5) is 11.4 Å². The molecule has 5 heteroatoms. The summed E-state index contributed by atoms with van der Waals surface area (Å²) in [5, 5.41) is 0.634. The summed E-state index contributed by atoms with van der Waals surface area (Å²) in [7, 11) is 0. The number of hydrogen-bond donors (Lipinski definition) is 0. The first kappa shape index (κ1) is 17.1. The number of anilines is 2. The monoisotopic (exact) mass is 368 g/mol. The molecule has 4 nitrogen and oxygen atoms in total. The number of rotatable bonds is 2. The van der Waals surface area contributed by atoms with Gasteiger partial charge in [-0.15, -0.1) is 0 Å². The van der Waals surface area contributed by atoms with E-state index in [9.17, 15) is 9.59 Å². The van der Waals surface area contributed by atoms with Crippen LogP contribution in [-0.2, 0) is 16.0 Å². The lowest BCUT2D eigenvalue weighted by Crippen LogP contribution is -2.40. The average Bonchev–Trinajstić information content (AvgIpc) is 3.04. The summed E-state index contributed by atoms with van der Waals surface area (Å²) < 4.78 is 0. The minimum Gasteiger partial charge on any atom is -0.312 e. The van der Waals surface area contributed by atoms with E-state index in [1.54, 1.807) is 11.0 Å². The van der Waals surface area contributed by atoms with Crippen molar-refractivity contribution in [2.45, 2.75) is 26.2 Å². The molecule has 134 valence electrons.